The average molecular weight is 641 g/mol. The Hall–Kier alpha value is -1.95. The Morgan fingerprint density at radius 3 is 2.42 bits per heavy atom. The quantitative estimate of drug-likeness (QED) is 0.389. The lowest BCUT2D eigenvalue weighted by atomic mass is 9.85. The number of aromatic nitrogens is 2. The van der Waals surface area contributed by atoms with E-state index in [9.17, 15) is 8.42 Å². The third-order valence-electron chi connectivity index (χ3n) is 9.61. The summed E-state index contributed by atoms with van der Waals surface area (Å²) in [6.07, 6.45) is 8.88. The molecule has 1 saturated carbocycles. The highest BCUT2D eigenvalue weighted by Crippen LogP contribution is 2.34. The molecule has 0 radical (unpaired) electrons. The van der Waals surface area contributed by atoms with E-state index in [4.69, 9.17) is 14.7 Å². The first-order valence-electron chi connectivity index (χ1n) is 17.0. The van der Waals surface area contributed by atoms with E-state index in [1.54, 1.807) is 0 Å². The topological polar surface area (TPSA) is 108 Å². The van der Waals surface area contributed by atoms with Crippen LogP contribution in [0.2, 0.25) is 0 Å². The number of ether oxygens (including phenoxy) is 1. The fraction of sp³-hybridized carbons (Fsp3) is 0.714. The zero-order valence-electron chi connectivity index (χ0n) is 28.5. The number of benzene rings is 1. The van der Waals surface area contributed by atoms with Crippen molar-refractivity contribution in [2.45, 2.75) is 130 Å². The summed E-state index contributed by atoms with van der Waals surface area (Å²) < 4.78 is 37.5. The van der Waals surface area contributed by atoms with Crippen LogP contribution in [0.4, 0.5) is 0 Å². The molecule has 4 bridgehead atoms. The third kappa shape index (κ3) is 9.32. The van der Waals surface area contributed by atoms with Gasteiger partial charge in [-0.25, -0.2) is 18.4 Å². The second-order valence-corrected chi connectivity index (χ2v) is 17.4. The Balaban J connectivity index is 1.47. The van der Waals surface area contributed by atoms with Gasteiger partial charge < -0.3 is 4.74 Å². The highest BCUT2D eigenvalue weighted by molar-refractivity contribution is 7.90. The molecule has 1 aliphatic carbocycles. The molecule has 250 valence electrons. The second-order valence-electron chi connectivity index (χ2n) is 15.5. The molecule has 3 N–H and O–H groups in total. The summed E-state index contributed by atoms with van der Waals surface area (Å²) in [4.78, 5) is 12.1. The smallest absolute Gasteiger partial charge is 0.216 e. The fourth-order valence-electron chi connectivity index (χ4n) is 7.62. The normalized spacial score (nSPS) is 29.9. The predicted octanol–water partition coefficient (Wildman–Crippen LogP) is 5.34. The minimum absolute atomic E-state index is 0.0516. The van der Waals surface area contributed by atoms with Crippen LogP contribution in [0.25, 0.3) is 0 Å². The lowest BCUT2D eigenvalue weighted by molar-refractivity contribution is -0.0519. The Bertz CT molecular complexity index is 1360. The van der Waals surface area contributed by atoms with Crippen LogP contribution in [0.5, 0.6) is 0 Å². The minimum atomic E-state index is -3.58. The van der Waals surface area contributed by atoms with Gasteiger partial charge in [0.1, 0.15) is 18.3 Å². The number of hydrogen-bond acceptors (Lipinski definition) is 8. The lowest BCUT2D eigenvalue weighted by Gasteiger charge is -2.40. The molecule has 2 saturated heterocycles. The highest BCUT2D eigenvalue weighted by atomic mass is 32.2. The van der Waals surface area contributed by atoms with Gasteiger partial charge in [0.25, 0.3) is 0 Å². The molecule has 3 fully saturated rings. The van der Waals surface area contributed by atoms with Crippen LogP contribution in [0, 0.1) is 31.1 Å². The number of nitrogens with zero attached hydrogens (tertiary/aromatic N) is 3. The van der Waals surface area contributed by atoms with Crippen molar-refractivity contribution in [2.24, 2.45) is 17.3 Å². The van der Waals surface area contributed by atoms with Crippen LogP contribution in [0.1, 0.15) is 107 Å². The summed E-state index contributed by atoms with van der Waals surface area (Å²) in [6, 6.07) is 6.40. The van der Waals surface area contributed by atoms with Crippen LogP contribution >= 0.6 is 0 Å². The minimum Gasteiger partial charge on any atom is -0.362 e. The fourth-order valence-corrected chi connectivity index (χ4v) is 9.28. The molecular weight excluding hydrogens is 584 g/mol. The van der Waals surface area contributed by atoms with Gasteiger partial charge in [0.2, 0.25) is 10.0 Å². The van der Waals surface area contributed by atoms with Crippen molar-refractivity contribution in [3.63, 3.8) is 0 Å². The molecule has 10 heteroatoms. The van der Waals surface area contributed by atoms with Gasteiger partial charge in [0.05, 0.1) is 18.4 Å². The van der Waals surface area contributed by atoms with E-state index in [0.717, 1.165) is 43.6 Å². The molecule has 6 atom stereocenters. The van der Waals surface area contributed by atoms with Crippen molar-refractivity contribution in [1.82, 2.24) is 30.2 Å². The summed E-state index contributed by atoms with van der Waals surface area (Å²) in [7, 11) is -3.58. The molecule has 3 heterocycles. The SMILES string of the molecule is Cc1cccc(C)c1C1CC2NC(N1)NS(=O)(=O)C1CCCC(C1)CN(Cc1ncc(CC(C)C)cn1)[C@H](CC(C)(C)C)CO2. The molecule has 0 spiro atoms. The first-order chi connectivity index (χ1) is 21.3. The maximum absolute atomic E-state index is 13.9. The molecule has 1 aromatic carbocycles. The average Bonchev–Trinajstić information content (AvgIpc) is 2.95. The Kier molecular flexibility index (Phi) is 11.0. The van der Waals surface area contributed by atoms with E-state index < -0.39 is 21.6 Å². The molecule has 5 rings (SSSR count). The third-order valence-corrected chi connectivity index (χ3v) is 11.5. The molecule has 2 aromatic rings. The van der Waals surface area contributed by atoms with E-state index in [1.807, 2.05) is 12.4 Å². The predicted molar refractivity (Wildman–Crippen MR) is 180 cm³/mol. The first kappa shape index (κ1) is 34.4. The largest absolute Gasteiger partial charge is 0.362 e. The van der Waals surface area contributed by atoms with Crippen molar-refractivity contribution in [3.05, 3.63) is 58.7 Å². The summed E-state index contributed by atoms with van der Waals surface area (Å²) >= 11 is 0. The van der Waals surface area contributed by atoms with Gasteiger partial charge in [0.15, 0.2) is 0 Å². The van der Waals surface area contributed by atoms with E-state index in [1.165, 1.54) is 16.7 Å². The molecule has 5 unspecified atom stereocenters. The van der Waals surface area contributed by atoms with Gasteiger partial charge in [-0.2, -0.15) is 4.72 Å². The molecule has 45 heavy (non-hydrogen) atoms. The number of aryl methyl sites for hydroxylation is 2. The maximum atomic E-state index is 13.9. The molecule has 3 aliphatic rings. The first-order valence-corrected chi connectivity index (χ1v) is 18.5. The summed E-state index contributed by atoms with van der Waals surface area (Å²) in [6.45, 7) is 17.5. The van der Waals surface area contributed by atoms with Gasteiger partial charge in [-0.1, -0.05) is 59.2 Å². The van der Waals surface area contributed by atoms with E-state index in [-0.39, 0.29) is 29.6 Å². The lowest BCUT2D eigenvalue weighted by Crippen LogP contribution is -2.64. The van der Waals surface area contributed by atoms with Crippen molar-refractivity contribution in [3.8, 4) is 0 Å². The summed E-state index contributed by atoms with van der Waals surface area (Å²) in [5, 5.41) is 6.62. The maximum Gasteiger partial charge on any atom is 0.216 e. The Morgan fingerprint density at radius 1 is 1.04 bits per heavy atom. The van der Waals surface area contributed by atoms with E-state index in [2.05, 4.69) is 86.9 Å². The molecule has 0 amide bonds. The van der Waals surface area contributed by atoms with Crippen LogP contribution < -0.4 is 15.4 Å². The van der Waals surface area contributed by atoms with Gasteiger partial charge in [-0.3, -0.25) is 15.5 Å². The monoisotopic (exact) mass is 640 g/mol. The molecule has 9 nitrogen and oxygen atoms in total. The Labute approximate surface area is 271 Å². The zero-order valence-corrected chi connectivity index (χ0v) is 29.3. The molecule has 2 aliphatic heterocycles. The van der Waals surface area contributed by atoms with Gasteiger partial charge in [-0.05, 0) is 85.5 Å². The van der Waals surface area contributed by atoms with E-state index >= 15 is 0 Å². The number of rotatable bonds is 6. The molecule has 1 aromatic heterocycles. The van der Waals surface area contributed by atoms with Crippen LogP contribution in [0.3, 0.4) is 0 Å². The van der Waals surface area contributed by atoms with Crippen LogP contribution in [-0.4, -0.2) is 60.2 Å². The van der Waals surface area contributed by atoms with Crippen molar-refractivity contribution < 1.29 is 13.2 Å². The second kappa shape index (κ2) is 14.4. The van der Waals surface area contributed by atoms with Gasteiger partial charge >= 0.3 is 0 Å². The number of fused-ring (bicyclic) bond motifs is 4. The van der Waals surface area contributed by atoms with Crippen molar-refractivity contribution >= 4 is 10.0 Å². The number of nitrogens with one attached hydrogen (secondary N) is 3. The van der Waals surface area contributed by atoms with Crippen LogP contribution in [0.15, 0.2) is 30.6 Å². The van der Waals surface area contributed by atoms with Gasteiger partial charge in [-0.15, -0.1) is 0 Å². The highest BCUT2D eigenvalue weighted by Gasteiger charge is 2.39. The van der Waals surface area contributed by atoms with Crippen molar-refractivity contribution in [1.29, 1.82) is 0 Å². The zero-order chi connectivity index (χ0) is 32.4. The van der Waals surface area contributed by atoms with Crippen LogP contribution in [-0.2, 0) is 27.7 Å². The molecular formula is C35H56N6O3S. The standard InChI is InChI=1S/C35H56N6O3S/c1-23(2)14-27-18-36-31(37-19-27)21-41-20-26-12-9-13-29(15-26)45(42,43)40-34-38-30(33-24(3)10-8-11-25(33)4)16-32(39-34)44-22-28(41)17-35(5,6)7/h8,10-11,18-19,23,26,28-30,32,34,38-40H,9,12-17,20-22H2,1-7H3/t26?,28-,29?,30?,32?,34?/m1/s1. The Morgan fingerprint density at radius 2 is 1.76 bits per heavy atom. The number of sulfonamides is 1. The summed E-state index contributed by atoms with van der Waals surface area (Å²) in [5.41, 5.74) is 4.83. The summed E-state index contributed by atoms with van der Waals surface area (Å²) in [5.74, 6) is 1.63. The van der Waals surface area contributed by atoms with Crippen molar-refractivity contribution in [2.75, 3.05) is 13.2 Å². The van der Waals surface area contributed by atoms with E-state index in [0.29, 0.717) is 38.3 Å². The number of hydrogen-bond donors (Lipinski definition) is 3. The van der Waals surface area contributed by atoms with Gasteiger partial charge in [0, 0.05) is 37.4 Å².